The molecule has 4 N–H and O–H groups in total. The second-order valence-corrected chi connectivity index (χ2v) is 8.63. The quantitative estimate of drug-likeness (QED) is 0.310. The number of rotatable bonds is 7. The number of nitrogens with zero attached hydrogens (tertiary/aromatic N) is 1. The molecule has 0 radical (unpaired) electrons. The van der Waals surface area contributed by atoms with E-state index in [1.165, 1.54) is 20.2 Å². The summed E-state index contributed by atoms with van der Waals surface area (Å²) in [6.45, 7) is 14.7. The Morgan fingerprint density at radius 1 is 1.16 bits per heavy atom. The number of hydrogen-bond donors (Lipinski definition) is 3. The van der Waals surface area contributed by atoms with Crippen molar-refractivity contribution in [1.82, 2.24) is 15.3 Å². The zero-order chi connectivity index (χ0) is 27.2. The van der Waals surface area contributed by atoms with Gasteiger partial charge in [0.25, 0.3) is 5.91 Å². The van der Waals surface area contributed by atoms with Crippen LogP contribution in [0, 0.1) is 0 Å². The van der Waals surface area contributed by atoms with Crippen LogP contribution < -0.4 is 26.5 Å². The molecule has 4 rings (SSSR count). The van der Waals surface area contributed by atoms with Crippen LogP contribution in [-0.4, -0.2) is 22.0 Å². The van der Waals surface area contributed by atoms with Gasteiger partial charge in [-0.1, -0.05) is 57.3 Å². The van der Waals surface area contributed by atoms with E-state index in [2.05, 4.69) is 28.4 Å². The highest BCUT2D eigenvalue weighted by Crippen LogP contribution is 2.32. The zero-order valence-corrected chi connectivity index (χ0v) is 21.6. The summed E-state index contributed by atoms with van der Waals surface area (Å²) in [5.41, 5.74) is 6.38. The normalized spacial score (nSPS) is 12.7. The maximum absolute atomic E-state index is 14.1. The molecule has 1 amide bonds. The van der Waals surface area contributed by atoms with E-state index < -0.39 is 11.8 Å². The second kappa shape index (κ2) is 11.7. The van der Waals surface area contributed by atoms with E-state index in [1.807, 2.05) is 38.1 Å². The predicted octanol–water partition coefficient (Wildman–Crippen LogP) is 5.05. The highest BCUT2D eigenvalue weighted by atomic mass is 19.1. The van der Waals surface area contributed by atoms with Crippen LogP contribution in [0.25, 0.3) is 22.9 Å². The number of aromatic amines is 1. The van der Waals surface area contributed by atoms with Gasteiger partial charge in [-0.2, -0.15) is 0 Å². The van der Waals surface area contributed by atoms with Gasteiger partial charge in [-0.3, -0.25) is 4.79 Å². The fraction of sp³-hybridized carbons (Fsp3) is 0.200. The SMILES string of the molecule is C=C/C(=c1/nc[nH]c1=C)C(N)NC(=O)c1ccc2c(Oc3ccc(C(C)(C)F)cc3)cccc2c1.CC. The third-order valence-corrected chi connectivity index (χ3v) is 5.70. The molecule has 0 spiro atoms. The van der Waals surface area contributed by atoms with Crippen LogP contribution in [0.2, 0.25) is 0 Å². The van der Waals surface area contributed by atoms with Gasteiger partial charge < -0.3 is 20.8 Å². The van der Waals surface area contributed by atoms with Crippen LogP contribution in [0.4, 0.5) is 4.39 Å². The number of amides is 1. The van der Waals surface area contributed by atoms with Gasteiger partial charge in [-0.25, -0.2) is 9.37 Å². The molecular weight excluding hydrogens is 467 g/mol. The van der Waals surface area contributed by atoms with Crippen LogP contribution >= 0.6 is 0 Å². The summed E-state index contributed by atoms with van der Waals surface area (Å²) in [7, 11) is 0. The van der Waals surface area contributed by atoms with Crippen molar-refractivity contribution in [3.05, 3.63) is 101 Å². The van der Waals surface area contributed by atoms with Crippen molar-refractivity contribution in [2.45, 2.75) is 39.5 Å². The average Bonchev–Trinajstić information content (AvgIpc) is 3.30. The van der Waals surface area contributed by atoms with Gasteiger partial charge >= 0.3 is 0 Å². The number of fused-ring (bicyclic) bond motifs is 1. The molecule has 192 valence electrons. The van der Waals surface area contributed by atoms with Gasteiger partial charge in [0.1, 0.15) is 23.3 Å². The van der Waals surface area contributed by atoms with Crippen molar-refractivity contribution in [2.75, 3.05) is 0 Å². The molecule has 1 unspecified atom stereocenters. The molecule has 6 nitrogen and oxygen atoms in total. The lowest BCUT2D eigenvalue weighted by atomic mass is 10.0. The number of hydrogen-bond acceptors (Lipinski definition) is 4. The first-order valence-corrected chi connectivity index (χ1v) is 12.1. The zero-order valence-electron chi connectivity index (χ0n) is 21.6. The van der Waals surface area contributed by atoms with Crippen LogP contribution in [-0.2, 0) is 5.67 Å². The van der Waals surface area contributed by atoms with Crippen molar-refractivity contribution in [2.24, 2.45) is 5.73 Å². The van der Waals surface area contributed by atoms with Gasteiger partial charge in [-0.15, -0.1) is 0 Å². The van der Waals surface area contributed by atoms with E-state index in [9.17, 15) is 9.18 Å². The average molecular weight is 501 g/mol. The topological polar surface area (TPSA) is 93.0 Å². The summed E-state index contributed by atoms with van der Waals surface area (Å²) in [5, 5.41) is 5.58. The van der Waals surface area contributed by atoms with Gasteiger partial charge in [0.05, 0.1) is 17.0 Å². The molecule has 1 atom stereocenters. The van der Waals surface area contributed by atoms with E-state index in [4.69, 9.17) is 10.5 Å². The maximum atomic E-state index is 14.1. The number of alkyl halides is 1. The van der Waals surface area contributed by atoms with Crippen LogP contribution in [0.1, 0.15) is 43.6 Å². The fourth-order valence-electron chi connectivity index (χ4n) is 3.77. The highest BCUT2D eigenvalue weighted by molar-refractivity contribution is 6.00. The smallest absolute Gasteiger partial charge is 0.252 e. The van der Waals surface area contributed by atoms with Crippen LogP contribution in [0.3, 0.4) is 0 Å². The Morgan fingerprint density at radius 3 is 2.46 bits per heavy atom. The van der Waals surface area contributed by atoms with E-state index >= 15 is 0 Å². The monoisotopic (exact) mass is 500 g/mol. The summed E-state index contributed by atoms with van der Waals surface area (Å²) in [4.78, 5) is 20.0. The number of nitrogens with one attached hydrogen (secondary N) is 2. The Labute approximate surface area is 216 Å². The minimum atomic E-state index is -1.42. The summed E-state index contributed by atoms with van der Waals surface area (Å²) >= 11 is 0. The summed E-state index contributed by atoms with van der Waals surface area (Å²) in [6, 6.07) is 17.8. The molecule has 0 bridgehead atoms. The summed E-state index contributed by atoms with van der Waals surface area (Å²) in [6.07, 6.45) is 2.25. The number of halogens is 1. The lowest BCUT2D eigenvalue weighted by Gasteiger charge is -2.16. The van der Waals surface area contributed by atoms with Crippen molar-refractivity contribution in [3.8, 4) is 11.5 Å². The third kappa shape index (κ3) is 6.32. The standard InChI is InChI=1S/C28H27FN4O2.C2H6/c1-5-22(25-17(2)31-16-32-25)26(30)33-27(34)19-9-14-23-18(15-19)7-6-8-24(23)35-21-12-10-20(11-13-21)28(3,4)29;1-2/h5-16,26H,1-2,30H2,3-4H3,(H,31,32)(H,33,34);1-2H3/b25-22-;. The van der Waals surface area contributed by atoms with Crippen molar-refractivity contribution in [3.63, 3.8) is 0 Å². The number of carbonyl (C=O) groups excluding carboxylic acids is 1. The van der Waals surface area contributed by atoms with E-state index in [1.54, 1.807) is 42.5 Å². The van der Waals surface area contributed by atoms with Crippen molar-refractivity contribution in [1.29, 1.82) is 0 Å². The molecule has 1 heterocycles. The summed E-state index contributed by atoms with van der Waals surface area (Å²) in [5.74, 6) is 0.881. The first-order valence-electron chi connectivity index (χ1n) is 12.1. The van der Waals surface area contributed by atoms with E-state index in [-0.39, 0.29) is 5.91 Å². The molecule has 1 aromatic heterocycles. The van der Waals surface area contributed by atoms with Gasteiger partial charge in [0.2, 0.25) is 0 Å². The molecule has 0 aliphatic heterocycles. The maximum Gasteiger partial charge on any atom is 0.252 e. The van der Waals surface area contributed by atoms with E-state index in [0.717, 1.165) is 10.8 Å². The fourth-order valence-corrected chi connectivity index (χ4v) is 3.77. The number of nitrogens with two attached hydrogens (primary N) is 1. The van der Waals surface area contributed by atoms with E-state index in [0.29, 0.717) is 38.9 Å². The minimum Gasteiger partial charge on any atom is -0.457 e. The van der Waals surface area contributed by atoms with Crippen LogP contribution in [0.15, 0.2) is 79.6 Å². The molecule has 37 heavy (non-hydrogen) atoms. The first-order chi connectivity index (χ1) is 17.7. The largest absolute Gasteiger partial charge is 0.457 e. The molecule has 7 heteroatoms. The number of ether oxygens (including phenoxy) is 1. The minimum absolute atomic E-state index is 0.337. The van der Waals surface area contributed by atoms with Gasteiger partial charge in [0, 0.05) is 16.5 Å². The number of benzene rings is 3. The van der Waals surface area contributed by atoms with Gasteiger partial charge in [-0.05, 0) is 61.2 Å². The predicted molar refractivity (Wildman–Crippen MR) is 148 cm³/mol. The lowest BCUT2D eigenvalue weighted by molar-refractivity contribution is 0.0946. The lowest BCUT2D eigenvalue weighted by Crippen LogP contribution is -2.45. The van der Waals surface area contributed by atoms with Crippen LogP contribution in [0.5, 0.6) is 11.5 Å². The molecule has 0 fully saturated rings. The molecular formula is C30H33FN4O2. The molecule has 0 saturated heterocycles. The molecule has 4 aromatic rings. The molecule has 0 aliphatic carbocycles. The van der Waals surface area contributed by atoms with Crippen molar-refractivity contribution < 1.29 is 13.9 Å². The Hall–Kier alpha value is -4.23. The second-order valence-electron chi connectivity index (χ2n) is 8.63. The Kier molecular flexibility index (Phi) is 8.63. The molecule has 0 aliphatic rings. The number of aromatic nitrogens is 2. The molecule has 0 saturated carbocycles. The summed E-state index contributed by atoms with van der Waals surface area (Å²) < 4.78 is 20.2. The highest BCUT2D eigenvalue weighted by Gasteiger charge is 2.18. The third-order valence-electron chi connectivity index (χ3n) is 5.70. The Balaban J connectivity index is 0.00000186. The first kappa shape index (κ1) is 27.4. The number of imidazole rings is 1. The molecule has 3 aromatic carbocycles. The van der Waals surface area contributed by atoms with Crippen molar-refractivity contribution >= 4 is 28.8 Å². The Morgan fingerprint density at radius 2 is 1.86 bits per heavy atom. The Bertz CT molecular complexity index is 1500. The van der Waals surface area contributed by atoms with Gasteiger partial charge in [0.15, 0.2) is 0 Å². The number of H-pyrrole nitrogens is 1. The number of carbonyl (C=O) groups is 1.